The van der Waals surface area contributed by atoms with Gasteiger partial charge in [-0.15, -0.1) is 0 Å². The summed E-state index contributed by atoms with van der Waals surface area (Å²) in [7, 11) is 0. The predicted molar refractivity (Wildman–Crippen MR) is 113 cm³/mol. The van der Waals surface area contributed by atoms with Crippen LogP contribution in [0.1, 0.15) is 55.3 Å². The molecule has 5 nitrogen and oxygen atoms in total. The monoisotopic (exact) mass is 388 g/mol. The van der Waals surface area contributed by atoms with E-state index < -0.39 is 0 Å². The lowest BCUT2D eigenvalue weighted by Crippen LogP contribution is -2.28. The van der Waals surface area contributed by atoms with Gasteiger partial charge in [-0.2, -0.15) is 5.10 Å². The minimum absolute atomic E-state index is 0.287. The standard InChI is InChI=1S/C24H28N4O/c1-18-9-11-20(12-10-18)28-24(26-13-5-6-14-26)21-16-27(17-22(21)25-28)23(29)15-19-7-3-2-4-8-19/h5-6,9-14,19H,2-4,7-8,15-17H2,1H3. The topological polar surface area (TPSA) is 43.1 Å². The van der Waals surface area contributed by atoms with Gasteiger partial charge in [-0.3, -0.25) is 4.79 Å². The van der Waals surface area contributed by atoms with Gasteiger partial charge in [0.15, 0.2) is 0 Å². The lowest BCUT2D eigenvalue weighted by Gasteiger charge is -2.24. The number of carbonyl (C=O) groups excluding carboxylic acids is 1. The van der Waals surface area contributed by atoms with Crippen molar-refractivity contribution in [3.63, 3.8) is 0 Å². The van der Waals surface area contributed by atoms with Crippen LogP contribution in [-0.4, -0.2) is 25.2 Å². The van der Waals surface area contributed by atoms with E-state index in [1.807, 2.05) is 21.7 Å². The molecule has 0 N–H and O–H groups in total. The summed E-state index contributed by atoms with van der Waals surface area (Å²) in [6, 6.07) is 12.5. The van der Waals surface area contributed by atoms with E-state index in [4.69, 9.17) is 5.10 Å². The number of aryl methyl sites for hydroxylation is 1. The lowest BCUT2D eigenvalue weighted by atomic mass is 9.87. The Bertz CT molecular complexity index is 994. The maximum absolute atomic E-state index is 13.0. The van der Waals surface area contributed by atoms with Crippen LogP contribution in [0.5, 0.6) is 0 Å². The molecule has 1 amide bonds. The summed E-state index contributed by atoms with van der Waals surface area (Å²) >= 11 is 0. The zero-order valence-electron chi connectivity index (χ0n) is 17.1. The molecule has 0 radical (unpaired) electrons. The number of fused-ring (bicyclic) bond motifs is 1. The van der Waals surface area contributed by atoms with Crippen LogP contribution in [0.4, 0.5) is 0 Å². The Morgan fingerprint density at radius 1 is 1.03 bits per heavy atom. The van der Waals surface area contributed by atoms with E-state index in [9.17, 15) is 4.79 Å². The van der Waals surface area contributed by atoms with Crippen LogP contribution in [0, 0.1) is 12.8 Å². The molecule has 1 aromatic carbocycles. The van der Waals surface area contributed by atoms with Gasteiger partial charge in [0.1, 0.15) is 5.82 Å². The van der Waals surface area contributed by atoms with Crippen molar-refractivity contribution in [2.24, 2.45) is 5.92 Å². The van der Waals surface area contributed by atoms with Crippen LogP contribution >= 0.6 is 0 Å². The van der Waals surface area contributed by atoms with Gasteiger partial charge in [0.05, 0.1) is 24.5 Å². The van der Waals surface area contributed by atoms with Crippen LogP contribution < -0.4 is 0 Å². The van der Waals surface area contributed by atoms with Crippen LogP contribution in [0.15, 0.2) is 48.8 Å². The maximum Gasteiger partial charge on any atom is 0.223 e. The second-order valence-electron chi connectivity index (χ2n) is 8.54. The summed E-state index contributed by atoms with van der Waals surface area (Å²) in [6.45, 7) is 3.36. The second-order valence-corrected chi connectivity index (χ2v) is 8.54. The van der Waals surface area contributed by atoms with Gasteiger partial charge >= 0.3 is 0 Å². The molecule has 2 aromatic heterocycles. The molecule has 0 atom stereocenters. The number of hydrogen-bond donors (Lipinski definition) is 0. The molecule has 1 saturated carbocycles. The first-order valence-corrected chi connectivity index (χ1v) is 10.8. The molecule has 29 heavy (non-hydrogen) atoms. The highest BCUT2D eigenvalue weighted by atomic mass is 16.2. The maximum atomic E-state index is 13.0. The summed E-state index contributed by atoms with van der Waals surface area (Å²) in [4.78, 5) is 15.0. The first-order chi connectivity index (χ1) is 14.2. The van der Waals surface area contributed by atoms with Gasteiger partial charge in [-0.1, -0.05) is 37.0 Å². The van der Waals surface area contributed by atoms with E-state index in [-0.39, 0.29) is 5.91 Å². The number of amides is 1. The Kier molecular flexibility index (Phi) is 4.74. The van der Waals surface area contributed by atoms with Crippen molar-refractivity contribution in [2.45, 2.75) is 58.5 Å². The summed E-state index contributed by atoms with van der Waals surface area (Å²) in [5.74, 6) is 1.90. The number of carbonyl (C=O) groups is 1. The third-order valence-electron chi connectivity index (χ3n) is 6.40. The van der Waals surface area contributed by atoms with E-state index in [1.54, 1.807) is 0 Å². The zero-order valence-corrected chi connectivity index (χ0v) is 17.1. The van der Waals surface area contributed by atoms with E-state index in [0.29, 0.717) is 25.4 Å². The predicted octanol–water partition coefficient (Wildman–Crippen LogP) is 4.78. The van der Waals surface area contributed by atoms with Crippen molar-refractivity contribution in [1.82, 2.24) is 19.2 Å². The van der Waals surface area contributed by atoms with E-state index in [2.05, 4.69) is 48.1 Å². The Balaban J connectivity index is 1.43. The van der Waals surface area contributed by atoms with Crippen LogP contribution in [-0.2, 0) is 17.9 Å². The normalized spacial score (nSPS) is 16.9. The van der Waals surface area contributed by atoms with E-state index in [0.717, 1.165) is 17.2 Å². The summed E-state index contributed by atoms with van der Waals surface area (Å²) in [5, 5.41) is 4.93. The third kappa shape index (κ3) is 3.50. The average Bonchev–Trinajstić information content (AvgIpc) is 3.45. The number of benzene rings is 1. The van der Waals surface area contributed by atoms with Gasteiger partial charge in [0.25, 0.3) is 0 Å². The quantitative estimate of drug-likeness (QED) is 0.645. The van der Waals surface area contributed by atoms with Crippen LogP contribution in [0.25, 0.3) is 11.5 Å². The van der Waals surface area contributed by atoms with Gasteiger partial charge in [0.2, 0.25) is 5.91 Å². The summed E-state index contributed by atoms with van der Waals surface area (Å²) in [5.41, 5.74) is 4.47. The molecule has 1 fully saturated rings. The summed E-state index contributed by atoms with van der Waals surface area (Å²) in [6.07, 6.45) is 11.1. The fourth-order valence-electron chi connectivity index (χ4n) is 4.75. The highest BCUT2D eigenvalue weighted by Gasteiger charge is 2.32. The van der Waals surface area contributed by atoms with Gasteiger partial charge in [-0.05, 0) is 49.9 Å². The van der Waals surface area contributed by atoms with E-state index in [1.165, 1.54) is 43.2 Å². The number of rotatable bonds is 4. The van der Waals surface area contributed by atoms with Gasteiger partial charge < -0.3 is 9.47 Å². The van der Waals surface area contributed by atoms with Crippen LogP contribution in [0.3, 0.4) is 0 Å². The van der Waals surface area contributed by atoms with Crippen molar-refractivity contribution in [1.29, 1.82) is 0 Å². The Morgan fingerprint density at radius 3 is 2.48 bits per heavy atom. The molecule has 3 heterocycles. The Labute approximate surface area is 171 Å². The van der Waals surface area contributed by atoms with Crippen molar-refractivity contribution >= 4 is 5.91 Å². The lowest BCUT2D eigenvalue weighted by molar-refractivity contribution is -0.133. The minimum Gasteiger partial charge on any atom is -0.332 e. The first-order valence-electron chi connectivity index (χ1n) is 10.8. The molecule has 0 saturated heterocycles. The van der Waals surface area contributed by atoms with Crippen molar-refractivity contribution in [3.8, 4) is 11.5 Å². The number of hydrogen-bond acceptors (Lipinski definition) is 2. The molecule has 2 aliphatic rings. The van der Waals surface area contributed by atoms with Crippen molar-refractivity contribution in [3.05, 3.63) is 65.6 Å². The van der Waals surface area contributed by atoms with Gasteiger partial charge in [0, 0.05) is 24.4 Å². The SMILES string of the molecule is Cc1ccc(-n2nc3c(c2-n2cccc2)CN(C(=O)CC2CCCCC2)C3)cc1. The average molecular weight is 389 g/mol. The molecule has 0 unspecified atom stereocenters. The third-order valence-corrected chi connectivity index (χ3v) is 6.40. The molecular formula is C24H28N4O. The van der Waals surface area contributed by atoms with Crippen LogP contribution in [0.2, 0.25) is 0 Å². The Morgan fingerprint density at radius 2 is 1.76 bits per heavy atom. The highest BCUT2D eigenvalue weighted by molar-refractivity contribution is 5.77. The molecule has 5 rings (SSSR count). The molecule has 1 aliphatic heterocycles. The molecule has 1 aliphatic carbocycles. The van der Waals surface area contributed by atoms with Crippen molar-refractivity contribution in [2.75, 3.05) is 0 Å². The second kappa shape index (κ2) is 7.54. The number of nitrogens with zero attached hydrogens (tertiary/aromatic N) is 4. The van der Waals surface area contributed by atoms with Gasteiger partial charge in [-0.25, -0.2) is 4.68 Å². The van der Waals surface area contributed by atoms with Crippen molar-refractivity contribution < 1.29 is 4.79 Å². The first kappa shape index (κ1) is 18.2. The minimum atomic E-state index is 0.287. The summed E-state index contributed by atoms with van der Waals surface area (Å²) < 4.78 is 4.13. The Hall–Kier alpha value is -2.82. The fraction of sp³-hybridized carbons (Fsp3) is 0.417. The number of aromatic nitrogens is 3. The smallest absolute Gasteiger partial charge is 0.223 e. The molecule has 0 bridgehead atoms. The molecular weight excluding hydrogens is 360 g/mol. The fourth-order valence-corrected chi connectivity index (χ4v) is 4.75. The zero-order chi connectivity index (χ0) is 19.8. The molecule has 5 heteroatoms. The molecule has 150 valence electrons. The highest BCUT2D eigenvalue weighted by Crippen LogP contribution is 2.33. The molecule has 0 spiro atoms. The molecule has 3 aromatic rings. The van der Waals surface area contributed by atoms with E-state index >= 15 is 0 Å². The largest absolute Gasteiger partial charge is 0.332 e.